The Hall–Kier alpha value is -1.05. The van der Waals surface area contributed by atoms with Gasteiger partial charge in [0.15, 0.2) is 0 Å². The fourth-order valence-corrected chi connectivity index (χ4v) is 2.90. The van der Waals surface area contributed by atoms with Crippen LogP contribution in [0.5, 0.6) is 0 Å². The van der Waals surface area contributed by atoms with Crippen LogP contribution in [0.2, 0.25) is 0 Å². The molecule has 3 rings (SSSR count). The summed E-state index contributed by atoms with van der Waals surface area (Å²) in [7, 11) is 0. The Morgan fingerprint density at radius 2 is 1.43 bits per heavy atom. The number of rotatable bonds is 0. The molecular formula is C12H17N2+. The van der Waals surface area contributed by atoms with Crippen LogP contribution in [0.4, 0.5) is 0 Å². The van der Waals surface area contributed by atoms with Crippen LogP contribution in [-0.2, 0) is 25.7 Å². The third-order valence-electron chi connectivity index (χ3n) is 3.64. The summed E-state index contributed by atoms with van der Waals surface area (Å²) < 4.78 is 2.00. The highest BCUT2D eigenvalue weighted by Crippen LogP contribution is 2.25. The Morgan fingerprint density at radius 3 is 2.21 bits per heavy atom. The van der Waals surface area contributed by atoms with Gasteiger partial charge < -0.3 is 0 Å². The number of aromatic nitrogens is 1. The molecule has 0 bridgehead atoms. The van der Waals surface area contributed by atoms with Gasteiger partial charge in [-0.3, -0.25) is 0 Å². The van der Waals surface area contributed by atoms with Gasteiger partial charge in [0, 0.05) is 24.0 Å². The molecule has 1 aromatic heterocycles. The summed E-state index contributed by atoms with van der Waals surface area (Å²) in [5.74, 6) is 6.17. The van der Waals surface area contributed by atoms with E-state index in [1.165, 1.54) is 67.5 Å². The number of nitrogens with zero attached hydrogens (tertiary/aromatic N) is 1. The number of hydrogen-bond donors (Lipinski definition) is 1. The zero-order valence-electron chi connectivity index (χ0n) is 8.55. The Morgan fingerprint density at radius 1 is 0.857 bits per heavy atom. The number of nitrogens with two attached hydrogens (primary N) is 1. The minimum absolute atomic E-state index is 1.18. The molecule has 0 radical (unpaired) electrons. The zero-order valence-corrected chi connectivity index (χ0v) is 8.55. The molecule has 0 amide bonds. The standard InChI is InChI=1S/C12H17N2/c13-14-11-6-2-1-4-9(11)8-10-5-3-7-12(10)14/h8H,1-7,13H2/q+1. The summed E-state index contributed by atoms with van der Waals surface area (Å²) in [5, 5.41) is 0. The molecule has 0 unspecified atom stereocenters. The molecule has 1 aromatic rings. The first-order valence-corrected chi connectivity index (χ1v) is 5.70. The second-order valence-electron chi connectivity index (χ2n) is 4.52. The van der Waals surface area contributed by atoms with E-state index < -0.39 is 0 Å². The minimum Gasteiger partial charge on any atom is -0.205 e. The highest BCUT2D eigenvalue weighted by atomic mass is 15.3. The van der Waals surface area contributed by atoms with Crippen molar-refractivity contribution in [1.82, 2.24) is 0 Å². The average molecular weight is 189 g/mol. The first-order valence-electron chi connectivity index (χ1n) is 5.70. The number of aryl methyl sites for hydroxylation is 2. The Labute approximate surface area is 84.7 Å². The predicted octanol–water partition coefficient (Wildman–Crippen LogP) is 1.06. The molecule has 0 aromatic carbocycles. The second kappa shape index (κ2) is 2.97. The van der Waals surface area contributed by atoms with Gasteiger partial charge in [0.1, 0.15) is 0 Å². The van der Waals surface area contributed by atoms with E-state index in [0.717, 1.165) is 0 Å². The van der Waals surface area contributed by atoms with Crippen molar-refractivity contribution in [1.29, 1.82) is 0 Å². The maximum atomic E-state index is 6.17. The first-order chi connectivity index (χ1) is 6.86. The van der Waals surface area contributed by atoms with Gasteiger partial charge in [0.05, 0.1) is 0 Å². The van der Waals surface area contributed by atoms with E-state index in [-0.39, 0.29) is 0 Å². The lowest BCUT2D eigenvalue weighted by Gasteiger charge is -2.13. The maximum absolute atomic E-state index is 6.17. The van der Waals surface area contributed by atoms with Crippen LogP contribution in [0.3, 0.4) is 0 Å². The smallest absolute Gasteiger partial charge is 0.205 e. The van der Waals surface area contributed by atoms with Crippen molar-refractivity contribution in [3.8, 4) is 0 Å². The van der Waals surface area contributed by atoms with E-state index in [9.17, 15) is 0 Å². The summed E-state index contributed by atoms with van der Waals surface area (Å²) >= 11 is 0. The molecular weight excluding hydrogens is 172 g/mol. The highest BCUT2D eigenvalue weighted by Gasteiger charge is 2.28. The summed E-state index contributed by atoms with van der Waals surface area (Å²) in [6.07, 6.45) is 8.77. The van der Waals surface area contributed by atoms with E-state index in [4.69, 9.17) is 5.84 Å². The molecule has 74 valence electrons. The molecule has 14 heavy (non-hydrogen) atoms. The normalized spacial score (nSPS) is 19.1. The van der Waals surface area contributed by atoms with Crippen molar-refractivity contribution in [2.75, 3.05) is 5.84 Å². The van der Waals surface area contributed by atoms with Crippen LogP contribution in [-0.4, -0.2) is 0 Å². The Balaban J connectivity index is 2.20. The average Bonchev–Trinajstić information content (AvgIpc) is 2.66. The molecule has 0 saturated carbocycles. The van der Waals surface area contributed by atoms with Gasteiger partial charge in [-0.1, -0.05) is 4.68 Å². The molecule has 0 spiro atoms. The lowest BCUT2D eigenvalue weighted by Crippen LogP contribution is -2.53. The predicted molar refractivity (Wildman–Crippen MR) is 55.5 cm³/mol. The van der Waals surface area contributed by atoms with E-state index in [1.807, 2.05) is 4.68 Å². The number of nitrogen functional groups attached to an aromatic ring is 1. The van der Waals surface area contributed by atoms with Crippen molar-refractivity contribution < 1.29 is 4.68 Å². The molecule has 0 atom stereocenters. The molecule has 0 aliphatic heterocycles. The van der Waals surface area contributed by atoms with E-state index in [2.05, 4.69) is 6.07 Å². The van der Waals surface area contributed by atoms with E-state index in [1.54, 1.807) is 0 Å². The third kappa shape index (κ3) is 1.06. The summed E-state index contributed by atoms with van der Waals surface area (Å²) in [6.45, 7) is 0. The van der Waals surface area contributed by atoms with Crippen LogP contribution in [0.1, 0.15) is 41.8 Å². The van der Waals surface area contributed by atoms with Crippen molar-refractivity contribution >= 4 is 0 Å². The quantitative estimate of drug-likeness (QED) is 0.480. The third-order valence-corrected chi connectivity index (χ3v) is 3.64. The first kappa shape index (κ1) is 8.27. The van der Waals surface area contributed by atoms with Gasteiger partial charge in [-0.05, 0) is 38.2 Å². The van der Waals surface area contributed by atoms with Crippen molar-refractivity contribution in [3.05, 3.63) is 28.6 Å². The lowest BCUT2D eigenvalue weighted by molar-refractivity contribution is -0.655. The van der Waals surface area contributed by atoms with Crippen LogP contribution >= 0.6 is 0 Å². The Kier molecular flexibility index (Phi) is 1.76. The van der Waals surface area contributed by atoms with Crippen molar-refractivity contribution in [2.45, 2.75) is 44.9 Å². The highest BCUT2D eigenvalue weighted by molar-refractivity contribution is 5.30. The summed E-state index contributed by atoms with van der Waals surface area (Å²) in [5.41, 5.74) is 5.81. The molecule has 2 aliphatic carbocycles. The van der Waals surface area contributed by atoms with E-state index >= 15 is 0 Å². The van der Waals surface area contributed by atoms with Crippen LogP contribution < -0.4 is 10.5 Å². The monoisotopic (exact) mass is 189 g/mol. The molecule has 2 nitrogen and oxygen atoms in total. The van der Waals surface area contributed by atoms with Crippen molar-refractivity contribution in [3.63, 3.8) is 0 Å². The largest absolute Gasteiger partial charge is 0.214 e. The topological polar surface area (TPSA) is 29.9 Å². The molecule has 2 heteroatoms. The fourth-order valence-electron chi connectivity index (χ4n) is 2.90. The van der Waals surface area contributed by atoms with Gasteiger partial charge in [-0.25, -0.2) is 5.84 Å². The molecule has 0 fully saturated rings. The number of pyridine rings is 1. The van der Waals surface area contributed by atoms with Gasteiger partial charge in [0.2, 0.25) is 11.4 Å². The number of hydrogen-bond acceptors (Lipinski definition) is 1. The zero-order chi connectivity index (χ0) is 9.54. The summed E-state index contributed by atoms with van der Waals surface area (Å²) in [6, 6.07) is 2.42. The molecule has 2 aliphatic rings. The number of fused-ring (bicyclic) bond motifs is 2. The minimum atomic E-state index is 1.18. The van der Waals surface area contributed by atoms with Crippen LogP contribution in [0.15, 0.2) is 6.07 Å². The fraction of sp³-hybridized carbons (Fsp3) is 0.583. The van der Waals surface area contributed by atoms with Crippen LogP contribution in [0.25, 0.3) is 0 Å². The van der Waals surface area contributed by atoms with Crippen molar-refractivity contribution in [2.24, 2.45) is 0 Å². The second-order valence-corrected chi connectivity index (χ2v) is 4.52. The van der Waals surface area contributed by atoms with Gasteiger partial charge >= 0.3 is 0 Å². The van der Waals surface area contributed by atoms with E-state index in [0.29, 0.717) is 0 Å². The van der Waals surface area contributed by atoms with Crippen LogP contribution in [0, 0.1) is 0 Å². The SMILES string of the molecule is N[n+]1c2c(cc3c1CCC3)CCCC2. The maximum Gasteiger partial charge on any atom is 0.214 e. The van der Waals surface area contributed by atoms with Gasteiger partial charge in [-0.2, -0.15) is 0 Å². The van der Waals surface area contributed by atoms with Gasteiger partial charge in [-0.15, -0.1) is 0 Å². The summed E-state index contributed by atoms with van der Waals surface area (Å²) in [4.78, 5) is 0. The van der Waals surface area contributed by atoms with Gasteiger partial charge in [0.25, 0.3) is 0 Å². The molecule has 0 saturated heterocycles. The lowest BCUT2D eigenvalue weighted by atomic mass is 9.94. The Bertz CT molecular complexity index is 382. The molecule has 2 N–H and O–H groups in total. The molecule has 1 heterocycles.